The van der Waals surface area contributed by atoms with E-state index in [0.717, 1.165) is 0 Å². The Kier molecular flexibility index (Phi) is 4.00. The highest BCUT2D eigenvalue weighted by atomic mass is 19.4. The molecule has 1 unspecified atom stereocenters. The first-order valence-electron chi connectivity index (χ1n) is 4.99. The van der Waals surface area contributed by atoms with Crippen molar-refractivity contribution < 1.29 is 32.4 Å². The number of alkyl halides is 3. The first-order chi connectivity index (χ1) is 8.63. The van der Waals surface area contributed by atoms with Crippen molar-refractivity contribution in [2.75, 3.05) is 6.54 Å². The third-order valence-corrected chi connectivity index (χ3v) is 2.55. The molecule has 1 heterocycles. The number of carbonyl (C=O) groups excluding carboxylic acids is 3. The second-order valence-corrected chi connectivity index (χ2v) is 3.85. The van der Waals surface area contributed by atoms with Crippen LogP contribution in [0.5, 0.6) is 0 Å². The van der Waals surface area contributed by atoms with Crippen molar-refractivity contribution in [1.29, 1.82) is 0 Å². The second-order valence-electron chi connectivity index (χ2n) is 3.85. The summed E-state index contributed by atoms with van der Waals surface area (Å²) in [6, 6.07) is -1.22. The number of nitrogens with zero attached hydrogens (tertiary/aromatic N) is 1. The van der Waals surface area contributed by atoms with Crippen LogP contribution in [0.4, 0.5) is 18.0 Å². The molecular formula is C8H11F3N4O4. The molecule has 3 amide bonds. The average Bonchev–Trinajstić information content (AvgIpc) is 2.48. The second kappa shape index (κ2) is 5.01. The number of carbonyl (C=O) groups is 3. The van der Waals surface area contributed by atoms with Gasteiger partial charge >= 0.3 is 18.2 Å². The van der Waals surface area contributed by atoms with Gasteiger partial charge in [0, 0.05) is 6.54 Å². The lowest BCUT2D eigenvalue weighted by Crippen LogP contribution is -2.56. The highest BCUT2D eigenvalue weighted by molar-refractivity contribution is 6.07. The molecule has 0 spiro atoms. The average molecular weight is 284 g/mol. The van der Waals surface area contributed by atoms with Gasteiger partial charge in [-0.15, -0.1) is 0 Å². The number of nitrogens with one attached hydrogen (secondary N) is 2. The molecule has 4 N–H and O–H groups in total. The van der Waals surface area contributed by atoms with E-state index in [1.54, 1.807) is 10.9 Å². The van der Waals surface area contributed by atoms with Crippen LogP contribution in [0.15, 0.2) is 0 Å². The van der Waals surface area contributed by atoms with Gasteiger partial charge in [-0.2, -0.15) is 13.2 Å². The van der Waals surface area contributed by atoms with Gasteiger partial charge in [0.1, 0.15) is 0 Å². The molecule has 108 valence electrons. The molecule has 8 nitrogen and oxygen atoms in total. The summed E-state index contributed by atoms with van der Waals surface area (Å²) in [6.45, 7) is 0.00381. The first kappa shape index (κ1) is 15.2. The van der Waals surface area contributed by atoms with E-state index in [9.17, 15) is 27.6 Å². The van der Waals surface area contributed by atoms with Crippen LogP contribution < -0.4 is 16.7 Å². The van der Waals surface area contributed by atoms with Crippen LogP contribution in [-0.2, 0) is 14.4 Å². The van der Waals surface area contributed by atoms with E-state index >= 15 is 0 Å². The number of hydrazine groups is 1. The van der Waals surface area contributed by atoms with Crippen molar-refractivity contribution in [2.45, 2.75) is 25.1 Å². The fraction of sp³-hybridized carbons (Fsp3) is 0.625. The third kappa shape index (κ3) is 2.76. The molecule has 1 atom stereocenters. The number of rotatable bonds is 4. The highest BCUT2D eigenvalue weighted by Gasteiger charge is 2.64. The van der Waals surface area contributed by atoms with Gasteiger partial charge in [0.15, 0.2) is 0 Å². The standard InChI is InChI=1S/C8H11F3N4O4/c1-7(8(9,10)11)5(17)15(6(18)13-7)3-2-4(16)19-14-12/h14H,2-3,12H2,1H3,(H,13,18). The van der Waals surface area contributed by atoms with E-state index in [1.165, 1.54) is 0 Å². The van der Waals surface area contributed by atoms with E-state index in [4.69, 9.17) is 0 Å². The third-order valence-electron chi connectivity index (χ3n) is 2.55. The molecule has 1 rings (SSSR count). The highest BCUT2D eigenvalue weighted by Crippen LogP contribution is 2.35. The normalized spacial score (nSPS) is 23.5. The van der Waals surface area contributed by atoms with Crippen molar-refractivity contribution >= 4 is 17.9 Å². The topological polar surface area (TPSA) is 114 Å². The number of nitrogens with two attached hydrogens (primary N) is 1. The Morgan fingerprint density at radius 1 is 1.53 bits per heavy atom. The molecule has 0 radical (unpaired) electrons. The van der Waals surface area contributed by atoms with Crippen LogP contribution in [0.2, 0.25) is 0 Å². The largest absolute Gasteiger partial charge is 0.420 e. The van der Waals surface area contributed by atoms with Crippen molar-refractivity contribution in [3.63, 3.8) is 0 Å². The zero-order valence-electron chi connectivity index (χ0n) is 9.71. The van der Waals surface area contributed by atoms with E-state index in [-0.39, 0.29) is 0 Å². The Morgan fingerprint density at radius 3 is 2.53 bits per heavy atom. The van der Waals surface area contributed by atoms with Crippen molar-refractivity contribution in [1.82, 2.24) is 15.8 Å². The molecule has 0 aromatic heterocycles. The zero-order valence-corrected chi connectivity index (χ0v) is 9.71. The Bertz CT molecular complexity index is 413. The molecule has 0 saturated carbocycles. The quantitative estimate of drug-likeness (QED) is 0.353. The minimum absolute atomic E-state index is 0.297. The van der Waals surface area contributed by atoms with Gasteiger partial charge in [-0.25, -0.2) is 10.6 Å². The van der Waals surface area contributed by atoms with Crippen molar-refractivity contribution in [3.8, 4) is 0 Å². The molecule has 0 aliphatic carbocycles. The SMILES string of the molecule is CC1(C(F)(F)F)NC(=O)N(CCC(=O)ONN)C1=O. The molecule has 1 fully saturated rings. The number of amides is 3. The summed E-state index contributed by atoms with van der Waals surface area (Å²) >= 11 is 0. The fourth-order valence-corrected chi connectivity index (χ4v) is 1.41. The van der Waals surface area contributed by atoms with Crippen LogP contribution in [0, 0.1) is 0 Å². The maximum atomic E-state index is 12.7. The number of hydrogen-bond acceptors (Lipinski definition) is 6. The molecule has 1 aliphatic rings. The van der Waals surface area contributed by atoms with Crippen molar-refractivity contribution in [2.24, 2.45) is 5.84 Å². The molecule has 0 bridgehead atoms. The summed E-state index contributed by atoms with van der Waals surface area (Å²) < 4.78 is 38.0. The smallest absolute Gasteiger partial charge is 0.356 e. The Hall–Kier alpha value is -1.88. The predicted octanol–water partition coefficient (Wildman–Crippen LogP) is -0.829. The van der Waals surface area contributed by atoms with Crippen molar-refractivity contribution in [3.05, 3.63) is 0 Å². The number of imide groups is 1. The zero-order chi connectivity index (χ0) is 14.8. The van der Waals surface area contributed by atoms with E-state index in [1.807, 2.05) is 0 Å². The molecule has 11 heteroatoms. The molecule has 0 aromatic carbocycles. The number of urea groups is 1. The lowest BCUT2D eigenvalue weighted by molar-refractivity contribution is -0.191. The minimum atomic E-state index is -4.94. The first-order valence-corrected chi connectivity index (χ1v) is 4.99. The lowest BCUT2D eigenvalue weighted by Gasteiger charge is -2.24. The molecular weight excluding hydrogens is 273 g/mol. The molecule has 0 aromatic rings. The maximum Gasteiger partial charge on any atom is 0.420 e. The summed E-state index contributed by atoms with van der Waals surface area (Å²) in [4.78, 5) is 38.2. The predicted molar refractivity (Wildman–Crippen MR) is 52.7 cm³/mol. The monoisotopic (exact) mass is 284 g/mol. The van der Waals surface area contributed by atoms with Crippen LogP contribution in [-0.4, -0.2) is 41.1 Å². The van der Waals surface area contributed by atoms with Gasteiger partial charge in [0.25, 0.3) is 5.91 Å². The van der Waals surface area contributed by atoms with E-state index in [2.05, 4.69) is 10.7 Å². The number of halogens is 3. The Balaban J connectivity index is 2.75. The lowest BCUT2D eigenvalue weighted by atomic mass is 10.0. The summed E-state index contributed by atoms with van der Waals surface area (Å²) in [6.07, 6.45) is -5.43. The Labute approximate surface area is 105 Å². The van der Waals surface area contributed by atoms with Gasteiger partial charge in [-0.1, -0.05) is 5.59 Å². The molecule has 1 saturated heterocycles. The van der Waals surface area contributed by atoms with Crippen LogP contribution in [0.1, 0.15) is 13.3 Å². The van der Waals surface area contributed by atoms with Gasteiger partial charge in [0.05, 0.1) is 6.42 Å². The summed E-state index contributed by atoms with van der Waals surface area (Å²) in [5, 5.41) is 1.55. The van der Waals surface area contributed by atoms with E-state index in [0.29, 0.717) is 11.8 Å². The van der Waals surface area contributed by atoms with Crippen LogP contribution in [0.3, 0.4) is 0 Å². The van der Waals surface area contributed by atoms with Crippen LogP contribution >= 0.6 is 0 Å². The van der Waals surface area contributed by atoms with E-state index < -0.39 is 42.6 Å². The van der Waals surface area contributed by atoms with Crippen LogP contribution in [0.25, 0.3) is 0 Å². The summed E-state index contributed by atoms with van der Waals surface area (Å²) in [5.74, 6) is 2.27. The fourth-order valence-electron chi connectivity index (χ4n) is 1.41. The number of hydrogen-bond donors (Lipinski definition) is 3. The summed E-state index contributed by atoms with van der Waals surface area (Å²) in [7, 11) is 0. The summed E-state index contributed by atoms with van der Waals surface area (Å²) in [5.41, 5.74) is -1.41. The minimum Gasteiger partial charge on any atom is -0.356 e. The van der Waals surface area contributed by atoms with Gasteiger partial charge in [-0.05, 0) is 6.92 Å². The molecule has 1 aliphatic heterocycles. The van der Waals surface area contributed by atoms with Gasteiger partial charge in [-0.3, -0.25) is 14.5 Å². The van der Waals surface area contributed by atoms with Gasteiger partial charge < -0.3 is 10.2 Å². The van der Waals surface area contributed by atoms with Gasteiger partial charge in [0.2, 0.25) is 5.54 Å². The molecule has 19 heavy (non-hydrogen) atoms. The Morgan fingerprint density at radius 2 is 2.11 bits per heavy atom. The maximum absolute atomic E-state index is 12.7.